The number of hydrogen-bond acceptors (Lipinski definition) is 7. The van der Waals surface area contributed by atoms with E-state index in [1.54, 1.807) is 16.9 Å². The van der Waals surface area contributed by atoms with Crippen molar-refractivity contribution in [1.29, 1.82) is 0 Å². The van der Waals surface area contributed by atoms with Crippen molar-refractivity contribution in [3.05, 3.63) is 47.0 Å². The third kappa shape index (κ3) is 4.02. The predicted octanol–water partition coefficient (Wildman–Crippen LogP) is 2.32. The molecule has 0 unspecified atom stereocenters. The Balaban J connectivity index is 1.33. The standard InChI is InChI=1S/C23H25ClFN7O2/c1-14-12-30(18-11-19(34-2)16(24)10-17(18)25)8-9-31(14)20(33)13-32-23-15(4-3-5-28-23)21(29-32)22-26-6-7-27-22/h3-5,10-11,14H,6-9,12-13H2,1-2H3,(H,26,27)/t14-/m0/s1. The Morgan fingerprint density at radius 3 is 2.94 bits per heavy atom. The largest absolute Gasteiger partial charge is 0.495 e. The average molecular weight is 486 g/mol. The van der Waals surface area contributed by atoms with Gasteiger partial charge in [-0.15, -0.1) is 0 Å². The number of ether oxygens (including phenoxy) is 1. The van der Waals surface area contributed by atoms with Gasteiger partial charge in [-0.2, -0.15) is 5.10 Å². The SMILES string of the molecule is COc1cc(N2CCN(C(=O)Cn3nc(C4=NCCN4)c4cccnc43)[C@@H](C)C2)c(F)cc1Cl. The first kappa shape index (κ1) is 22.4. The number of carbonyl (C=O) groups is 1. The second kappa shape index (κ2) is 9.09. The van der Waals surface area contributed by atoms with Crippen LogP contribution >= 0.6 is 11.6 Å². The van der Waals surface area contributed by atoms with Crippen LogP contribution in [0.4, 0.5) is 10.1 Å². The van der Waals surface area contributed by atoms with Gasteiger partial charge in [-0.3, -0.25) is 9.79 Å². The van der Waals surface area contributed by atoms with Crippen molar-refractivity contribution in [2.24, 2.45) is 4.99 Å². The van der Waals surface area contributed by atoms with E-state index in [2.05, 4.69) is 20.4 Å². The van der Waals surface area contributed by atoms with Crippen LogP contribution in [0, 0.1) is 5.82 Å². The number of rotatable bonds is 5. The minimum absolute atomic E-state index is 0.0638. The Labute approximate surface area is 201 Å². The number of methoxy groups -OCH3 is 1. The normalized spacial score (nSPS) is 18.2. The van der Waals surface area contributed by atoms with E-state index in [-0.39, 0.29) is 23.5 Å². The summed E-state index contributed by atoms with van der Waals surface area (Å²) in [5, 5.41) is 8.98. The van der Waals surface area contributed by atoms with E-state index in [9.17, 15) is 9.18 Å². The number of amidine groups is 1. The van der Waals surface area contributed by atoms with E-state index in [0.29, 0.717) is 49.0 Å². The molecule has 1 fully saturated rings. The summed E-state index contributed by atoms with van der Waals surface area (Å²) in [6, 6.07) is 6.52. The fourth-order valence-electron chi connectivity index (χ4n) is 4.53. The van der Waals surface area contributed by atoms with Crippen LogP contribution in [0.25, 0.3) is 11.0 Å². The van der Waals surface area contributed by atoms with Gasteiger partial charge in [-0.1, -0.05) is 11.6 Å². The van der Waals surface area contributed by atoms with E-state index in [1.807, 2.05) is 28.9 Å². The number of carbonyl (C=O) groups excluding carboxylic acids is 1. The lowest BCUT2D eigenvalue weighted by Gasteiger charge is -2.41. The minimum Gasteiger partial charge on any atom is -0.495 e. The van der Waals surface area contributed by atoms with Crippen LogP contribution in [0.3, 0.4) is 0 Å². The van der Waals surface area contributed by atoms with Gasteiger partial charge in [0, 0.05) is 44.5 Å². The molecule has 4 heterocycles. The molecule has 1 amide bonds. The molecule has 1 N–H and O–H groups in total. The third-order valence-electron chi connectivity index (χ3n) is 6.20. The minimum atomic E-state index is -0.414. The van der Waals surface area contributed by atoms with Crippen molar-refractivity contribution >= 4 is 40.1 Å². The number of anilines is 1. The Morgan fingerprint density at radius 1 is 1.35 bits per heavy atom. The molecular formula is C23H25ClFN7O2. The van der Waals surface area contributed by atoms with E-state index in [4.69, 9.17) is 16.3 Å². The highest BCUT2D eigenvalue weighted by atomic mass is 35.5. The highest BCUT2D eigenvalue weighted by Gasteiger charge is 2.30. The first-order valence-electron chi connectivity index (χ1n) is 11.1. The van der Waals surface area contributed by atoms with Gasteiger partial charge in [0.1, 0.15) is 29.6 Å². The van der Waals surface area contributed by atoms with Gasteiger partial charge in [0.05, 0.1) is 29.8 Å². The number of benzene rings is 1. The number of nitrogens with one attached hydrogen (secondary N) is 1. The molecule has 11 heteroatoms. The van der Waals surface area contributed by atoms with Crippen LogP contribution in [0.1, 0.15) is 12.6 Å². The highest BCUT2D eigenvalue weighted by molar-refractivity contribution is 6.32. The fraction of sp³-hybridized carbons (Fsp3) is 0.391. The van der Waals surface area contributed by atoms with Crippen molar-refractivity contribution < 1.29 is 13.9 Å². The third-order valence-corrected chi connectivity index (χ3v) is 6.50. The van der Waals surface area contributed by atoms with E-state index >= 15 is 0 Å². The maximum Gasteiger partial charge on any atom is 0.244 e. The molecule has 0 bridgehead atoms. The number of hydrogen-bond donors (Lipinski definition) is 1. The van der Waals surface area contributed by atoms with Crippen LogP contribution in [0.15, 0.2) is 35.5 Å². The second-order valence-electron chi connectivity index (χ2n) is 8.36. The lowest BCUT2D eigenvalue weighted by atomic mass is 10.1. The van der Waals surface area contributed by atoms with E-state index in [1.165, 1.54) is 13.2 Å². The number of aliphatic imine (C=N–C) groups is 1. The van der Waals surface area contributed by atoms with E-state index < -0.39 is 5.82 Å². The average Bonchev–Trinajstić information content (AvgIpc) is 3.48. The number of halogens is 2. The molecule has 0 spiro atoms. The monoisotopic (exact) mass is 485 g/mol. The predicted molar refractivity (Wildman–Crippen MR) is 128 cm³/mol. The van der Waals surface area contributed by atoms with Gasteiger partial charge in [-0.05, 0) is 25.1 Å². The summed E-state index contributed by atoms with van der Waals surface area (Å²) in [5.74, 6) is 0.665. The first-order chi connectivity index (χ1) is 16.5. The van der Waals surface area contributed by atoms with Crippen LogP contribution in [-0.4, -0.2) is 77.3 Å². The van der Waals surface area contributed by atoms with Crippen molar-refractivity contribution in [1.82, 2.24) is 25.0 Å². The molecule has 0 radical (unpaired) electrons. The van der Waals surface area contributed by atoms with Gasteiger partial charge in [0.25, 0.3) is 0 Å². The Hall–Kier alpha value is -3.40. The zero-order valence-electron chi connectivity index (χ0n) is 19.0. The van der Waals surface area contributed by atoms with E-state index in [0.717, 1.165) is 17.8 Å². The van der Waals surface area contributed by atoms with Crippen molar-refractivity contribution in [3.63, 3.8) is 0 Å². The van der Waals surface area contributed by atoms with Crippen LogP contribution < -0.4 is 15.0 Å². The maximum atomic E-state index is 14.6. The molecule has 0 saturated carbocycles. The second-order valence-corrected chi connectivity index (χ2v) is 8.77. The number of pyridine rings is 1. The first-order valence-corrected chi connectivity index (χ1v) is 11.5. The van der Waals surface area contributed by atoms with Crippen molar-refractivity contribution in [3.8, 4) is 5.75 Å². The van der Waals surface area contributed by atoms with Gasteiger partial charge in [0.15, 0.2) is 5.65 Å². The quantitative estimate of drug-likeness (QED) is 0.596. The molecule has 2 aromatic heterocycles. The zero-order chi connectivity index (χ0) is 23.8. The molecule has 2 aliphatic heterocycles. The molecule has 1 aromatic carbocycles. The number of fused-ring (bicyclic) bond motifs is 1. The van der Waals surface area contributed by atoms with Crippen LogP contribution in [0.2, 0.25) is 5.02 Å². The lowest BCUT2D eigenvalue weighted by Crippen LogP contribution is -2.55. The van der Waals surface area contributed by atoms with Crippen molar-refractivity contribution in [2.75, 3.05) is 44.7 Å². The van der Waals surface area contributed by atoms with Crippen molar-refractivity contribution in [2.45, 2.75) is 19.5 Å². The Morgan fingerprint density at radius 2 is 2.21 bits per heavy atom. The topological polar surface area (TPSA) is 87.9 Å². The molecule has 1 atom stereocenters. The van der Waals surface area contributed by atoms with Gasteiger partial charge >= 0.3 is 0 Å². The molecule has 5 rings (SSSR count). The molecule has 178 valence electrons. The Bertz CT molecular complexity index is 1280. The molecule has 9 nitrogen and oxygen atoms in total. The smallest absolute Gasteiger partial charge is 0.244 e. The Kier molecular flexibility index (Phi) is 5.99. The highest BCUT2D eigenvalue weighted by Crippen LogP contribution is 2.33. The molecule has 34 heavy (non-hydrogen) atoms. The molecule has 0 aliphatic carbocycles. The van der Waals surface area contributed by atoms with Crippen LogP contribution in [-0.2, 0) is 11.3 Å². The summed E-state index contributed by atoms with van der Waals surface area (Å²) in [5.41, 5.74) is 1.76. The molecule has 2 aliphatic rings. The molecular weight excluding hydrogens is 461 g/mol. The summed E-state index contributed by atoms with van der Waals surface area (Å²) in [7, 11) is 1.50. The summed E-state index contributed by atoms with van der Waals surface area (Å²) >= 11 is 6.03. The lowest BCUT2D eigenvalue weighted by molar-refractivity contribution is -0.134. The van der Waals surface area contributed by atoms with Crippen LogP contribution in [0.5, 0.6) is 5.75 Å². The molecule has 1 saturated heterocycles. The molecule has 3 aromatic rings. The summed E-state index contributed by atoms with van der Waals surface area (Å²) in [4.78, 5) is 25.9. The van der Waals surface area contributed by atoms with Gasteiger partial charge in [0.2, 0.25) is 5.91 Å². The van der Waals surface area contributed by atoms with Gasteiger partial charge < -0.3 is 19.9 Å². The van der Waals surface area contributed by atoms with Gasteiger partial charge in [-0.25, -0.2) is 14.1 Å². The summed E-state index contributed by atoms with van der Waals surface area (Å²) in [6.07, 6.45) is 1.69. The fourth-order valence-corrected chi connectivity index (χ4v) is 4.76. The maximum absolute atomic E-state index is 14.6. The number of piperazine rings is 1. The number of aromatic nitrogens is 3. The zero-order valence-corrected chi connectivity index (χ0v) is 19.7. The number of nitrogens with zero attached hydrogens (tertiary/aromatic N) is 6. The number of amides is 1. The summed E-state index contributed by atoms with van der Waals surface area (Å²) < 4.78 is 21.5. The summed E-state index contributed by atoms with van der Waals surface area (Å²) in [6.45, 7) is 4.92.